The van der Waals surface area contributed by atoms with Gasteiger partial charge in [0.1, 0.15) is 0 Å². The van der Waals surface area contributed by atoms with Gasteiger partial charge in [-0.3, -0.25) is 4.79 Å². The third-order valence-corrected chi connectivity index (χ3v) is 3.01. The summed E-state index contributed by atoms with van der Waals surface area (Å²) in [4.78, 5) is 18.9. The predicted molar refractivity (Wildman–Crippen MR) is 62.2 cm³/mol. The van der Waals surface area contributed by atoms with Crippen molar-refractivity contribution in [2.45, 2.75) is 13.5 Å². The van der Waals surface area contributed by atoms with E-state index in [4.69, 9.17) is 0 Å². The molecule has 2 rings (SSSR count). The molecular formula is C11H9F2N3OS. The zero-order valence-electron chi connectivity index (χ0n) is 9.41. The number of pyridine rings is 1. The average molecular weight is 269 g/mol. The van der Waals surface area contributed by atoms with E-state index in [2.05, 4.69) is 15.3 Å². The first-order chi connectivity index (χ1) is 8.58. The van der Waals surface area contributed by atoms with Gasteiger partial charge in [-0.2, -0.15) is 4.39 Å². The van der Waals surface area contributed by atoms with Crippen LogP contribution in [0.5, 0.6) is 0 Å². The Morgan fingerprint density at radius 1 is 1.50 bits per heavy atom. The fourth-order valence-electron chi connectivity index (χ4n) is 1.35. The summed E-state index contributed by atoms with van der Waals surface area (Å²) in [6.45, 7) is 2.01. The molecule has 0 aliphatic rings. The Bertz CT molecular complexity index is 585. The van der Waals surface area contributed by atoms with Crippen molar-refractivity contribution in [3.63, 3.8) is 0 Å². The SMILES string of the molecule is Cc1nc(CNC(=O)c2ccnc(F)c2F)cs1. The summed E-state index contributed by atoms with van der Waals surface area (Å²) in [6, 6.07) is 1.13. The summed E-state index contributed by atoms with van der Waals surface area (Å²) in [5, 5.41) is 5.13. The maximum absolute atomic E-state index is 13.3. The minimum Gasteiger partial charge on any atom is -0.346 e. The molecule has 0 bridgehead atoms. The van der Waals surface area contributed by atoms with Crippen LogP contribution in [0, 0.1) is 18.7 Å². The number of aromatic nitrogens is 2. The quantitative estimate of drug-likeness (QED) is 0.868. The van der Waals surface area contributed by atoms with Gasteiger partial charge in [-0.25, -0.2) is 14.4 Å². The molecule has 0 fully saturated rings. The number of aryl methyl sites for hydroxylation is 1. The van der Waals surface area contributed by atoms with E-state index in [9.17, 15) is 13.6 Å². The zero-order chi connectivity index (χ0) is 13.1. The predicted octanol–water partition coefficient (Wildman–Crippen LogP) is 2.05. The van der Waals surface area contributed by atoms with E-state index in [1.165, 1.54) is 11.3 Å². The van der Waals surface area contributed by atoms with E-state index in [-0.39, 0.29) is 12.1 Å². The lowest BCUT2D eigenvalue weighted by molar-refractivity contribution is 0.0945. The molecule has 1 N–H and O–H groups in total. The topological polar surface area (TPSA) is 54.9 Å². The molecular weight excluding hydrogens is 260 g/mol. The number of nitrogens with zero attached hydrogens (tertiary/aromatic N) is 2. The van der Waals surface area contributed by atoms with Crippen molar-refractivity contribution in [2.24, 2.45) is 0 Å². The van der Waals surface area contributed by atoms with Crippen LogP contribution in [-0.2, 0) is 6.54 Å². The summed E-state index contributed by atoms with van der Waals surface area (Å²) >= 11 is 1.45. The number of hydrogen-bond donors (Lipinski definition) is 1. The molecule has 0 radical (unpaired) electrons. The largest absolute Gasteiger partial charge is 0.346 e. The molecule has 0 unspecified atom stereocenters. The second-order valence-electron chi connectivity index (χ2n) is 3.50. The number of carbonyl (C=O) groups excluding carboxylic acids is 1. The first-order valence-electron chi connectivity index (χ1n) is 5.07. The van der Waals surface area contributed by atoms with Crippen molar-refractivity contribution in [1.29, 1.82) is 0 Å². The third kappa shape index (κ3) is 2.67. The number of carbonyl (C=O) groups is 1. The Balaban J connectivity index is 2.06. The third-order valence-electron chi connectivity index (χ3n) is 2.19. The van der Waals surface area contributed by atoms with Gasteiger partial charge in [0.25, 0.3) is 5.91 Å². The van der Waals surface area contributed by atoms with E-state index in [1.54, 1.807) is 5.38 Å². The van der Waals surface area contributed by atoms with E-state index >= 15 is 0 Å². The second-order valence-corrected chi connectivity index (χ2v) is 4.57. The fraction of sp³-hybridized carbons (Fsp3) is 0.182. The lowest BCUT2D eigenvalue weighted by Crippen LogP contribution is -2.24. The smallest absolute Gasteiger partial charge is 0.254 e. The molecule has 2 aromatic heterocycles. The highest BCUT2D eigenvalue weighted by Gasteiger charge is 2.15. The number of nitrogens with one attached hydrogen (secondary N) is 1. The Hall–Kier alpha value is -1.89. The lowest BCUT2D eigenvalue weighted by atomic mass is 10.2. The molecule has 0 saturated heterocycles. The summed E-state index contributed by atoms with van der Waals surface area (Å²) < 4.78 is 26.1. The maximum Gasteiger partial charge on any atom is 0.254 e. The van der Waals surface area contributed by atoms with Crippen LogP contribution in [0.4, 0.5) is 8.78 Å². The van der Waals surface area contributed by atoms with E-state index < -0.39 is 17.7 Å². The minimum atomic E-state index is -1.29. The van der Waals surface area contributed by atoms with E-state index in [0.717, 1.165) is 17.3 Å². The molecule has 0 saturated carbocycles. The van der Waals surface area contributed by atoms with Gasteiger partial charge in [0.05, 0.1) is 22.8 Å². The first kappa shape index (κ1) is 12.6. The van der Waals surface area contributed by atoms with Crippen molar-refractivity contribution in [1.82, 2.24) is 15.3 Å². The Labute approximate surface area is 106 Å². The van der Waals surface area contributed by atoms with Crippen LogP contribution in [0.15, 0.2) is 17.6 Å². The standard InChI is InChI=1S/C11H9F2N3OS/c1-6-16-7(5-18-6)4-15-11(17)8-2-3-14-10(13)9(8)12/h2-3,5H,4H2,1H3,(H,15,17). The molecule has 0 atom stereocenters. The monoisotopic (exact) mass is 269 g/mol. The van der Waals surface area contributed by atoms with Crippen molar-refractivity contribution in [2.75, 3.05) is 0 Å². The number of hydrogen-bond acceptors (Lipinski definition) is 4. The molecule has 0 aliphatic heterocycles. The van der Waals surface area contributed by atoms with Crippen LogP contribution in [-0.4, -0.2) is 15.9 Å². The molecule has 18 heavy (non-hydrogen) atoms. The second kappa shape index (κ2) is 5.18. The van der Waals surface area contributed by atoms with E-state index in [1.807, 2.05) is 6.92 Å². The van der Waals surface area contributed by atoms with Crippen molar-refractivity contribution in [3.8, 4) is 0 Å². The molecule has 0 aromatic carbocycles. The number of rotatable bonds is 3. The number of amides is 1. The first-order valence-corrected chi connectivity index (χ1v) is 5.95. The minimum absolute atomic E-state index is 0.173. The summed E-state index contributed by atoms with van der Waals surface area (Å²) in [7, 11) is 0. The van der Waals surface area contributed by atoms with Gasteiger partial charge in [0.2, 0.25) is 5.95 Å². The zero-order valence-corrected chi connectivity index (χ0v) is 10.2. The Morgan fingerprint density at radius 3 is 2.94 bits per heavy atom. The van der Waals surface area contributed by atoms with Crippen LogP contribution < -0.4 is 5.32 Å². The molecule has 2 aromatic rings. The summed E-state index contributed by atoms with van der Waals surface area (Å²) in [5.74, 6) is -3.23. The average Bonchev–Trinajstić information content (AvgIpc) is 2.76. The highest BCUT2D eigenvalue weighted by Crippen LogP contribution is 2.10. The van der Waals surface area contributed by atoms with Crippen LogP contribution in [0.25, 0.3) is 0 Å². The highest BCUT2D eigenvalue weighted by molar-refractivity contribution is 7.09. The van der Waals surface area contributed by atoms with Crippen LogP contribution in [0.1, 0.15) is 21.1 Å². The van der Waals surface area contributed by atoms with Gasteiger partial charge >= 0.3 is 0 Å². The maximum atomic E-state index is 13.3. The summed E-state index contributed by atoms with van der Waals surface area (Å²) in [6.07, 6.45) is 1.04. The van der Waals surface area contributed by atoms with Crippen LogP contribution in [0.3, 0.4) is 0 Å². The van der Waals surface area contributed by atoms with E-state index in [0.29, 0.717) is 5.69 Å². The Kier molecular flexibility index (Phi) is 3.61. The number of thiazole rings is 1. The molecule has 7 heteroatoms. The van der Waals surface area contributed by atoms with Crippen molar-refractivity contribution in [3.05, 3.63) is 45.7 Å². The van der Waals surface area contributed by atoms with Gasteiger partial charge in [-0.15, -0.1) is 11.3 Å². The van der Waals surface area contributed by atoms with Gasteiger partial charge in [-0.1, -0.05) is 0 Å². The summed E-state index contributed by atoms with van der Waals surface area (Å²) in [5.41, 5.74) is 0.315. The molecule has 4 nitrogen and oxygen atoms in total. The molecule has 94 valence electrons. The fourth-order valence-corrected chi connectivity index (χ4v) is 1.96. The van der Waals surface area contributed by atoms with Gasteiger partial charge in [0.15, 0.2) is 5.82 Å². The number of halogens is 2. The molecule has 2 heterocycles. The molecule has 0 spiro atoms. The lowest BCUT2D eigenvalue weighted by Gasteiger charge is -2.04. The molecule has 0 aliphatic carbocycles. The van der Waals surface area contributed by atoms with Gasteiger partial charge in [-0.05, 0) is 13.0 Å². The van der Waals surface area contributed by atoms with Gasteiger partial charge in [0, 0.05) is 11.6 Å². The van der Waals surface area contributed by atoms with Crippen molar-refractivity contribution < 1.29 is 13.6 Å². The van der Waals surface area contributed by atoms with Crippen LogP contribution in [0.2, 0.25) is 0 Å². The Morgan fingerprint density at radius 2 is 2.28 bits per heavy atom. The van der Waals surface area contributed by atoms with Crippen molar-refractivity contribution >= 4 is 17.2 Å². The van der Waals surface area contributed by atoms with Crippen LogP contribution >= 0.6 is 11.3 Å². The normalized spacial score (nSPS) is 10.4. The highest BCUT2D eigenvalue weighted by atomic mass is 32.1. The van der Waals surface area contributed by atoms with Gasteiger partial charge < -0.3 is 5.32 Å². The molecule has 1 amide bonds.